The van der Waals surface area contributed by atoms with Crippen LogP contribution in [0.15, 0.2) is 24.3 Å². The lowest BCUT2D eigenvalue weighted by molar-refractivity contribution is 0.282. The lowest BCUT2D eigenvalue weighted by Gasteiger charge is -2.29. The Kier molecular flexibility index (Phi) is 4.59. The van der Waals surface area contributed by atoms with Crippen molar-refractivity contribution >= 4 is 11.0 Å². The van der Waals surface area contributed by atoms with Gasteiger partial charge in [0, 0.05) is 19.0 Å². The van der Waals surface area contributed by atoms with Crippen LogP contribution in [0.25, 0.3) is 11.0 Å². The number of hydrogen-bond acceptors (Lipinski definition) is 2. The highest BCUT2D eigenvalue weighted by Gasteiger charge is 2.23. The Morgan fingerprint density at radius 3 is 2.90 bits per heavy atom. The summed E-state index contributed by atoms with van der Waals surface area (Å²) in [6, 6.07) is 9.24. The molecule has 1 saturated carbocycles. The first-order chi connectivity index (χ1) is 10.3. The highest BCUT2D eigenvalue weighted by Crippen LogP contribution is 2.28. The first-order valence-corrected chi connectivity index (χ1v) is 8.49. The van der Waals surface area contributed by atoms with Crippen LogP contribution in [-0.2, 0) is 13.0 Å². The minimum absolute atomic E-state index is 0.716. The molecule has 0 amide bonds. The Morgan fingerprint density at radius 2 is 2.10 bits per heavy atom. The van der Waals surface area contributed by atoms with Gasteiger partial charge in [0.05, 0.1) is 11.0 Å². The van der Waals surface area contributed by atoms with Crippen molar-refractivity contribution in [3.8, 4) is 0 Å². The molecule has 2 aromatic rings. The molecule has 0 aliphatic heterocycles. The average Bonchev–Trinajstić information content (AvgIpc) is 2.85. The number of rotatable bonds is 5. The van der Waals surface area contributed by atoms with Crippen LogP contribution >= 0.6 is 0 Å². The fraction of sp³-hybridized carbons (Fsp3) is 0.611. The number of hydrogen-bond donors (Lipinski definition) is 1. The molecule has 1 fully saturated rings. The molecular formula is C18H27N3. The number of imidazole rings is 1. The van der Waals surface area contributed by atoms with Crippen LogP contribution in [0.3, 0.4) is 0 Å². The number of nitrogens with one attached hydrogen (secondary N) is 1. The van der Waals surface area contributed by atoms with Crippen molar-refractivity contribution in [2.24, 2.45) is 5.92 Å². The van der Waals surface area contributed by atoms with E-state index in [4.69, 9.17) is 4.98 Å². The molecule has 2 atom stereocenters. The van der Waals surface area contributed by atoms with E-state index >= 15 is 0 Å². The summed E-state index contributed by atoms with van der Waals surface area (Å²) in [4.78, 5) is 4.89. The van der Waals surface area contributed by atoms with E-state index < -0.39 is 0 Å². The number of para-hydroxylation sites is 2. The molecule has 3 nitrogen and oxygen atoms in total. The number of aromatic nitrogens is 2. The molecule has 1 heterocycles. The fourth-order valence-corrected chi connectivity index (χ4v) is 3.84. The number of nitrogens with zero attached hydrogens (tertiary/aromatic N) is 2. The zero-order chi connectivity index (χ0) is 14.7. The standard InChI is InChI=1S/C18H27N3/c1-3-19-15-9-7-8-14(12-15)13-18-20-16-10-5-6-11-17(16)21(18)4-2/h5-6,10-11,14-15,19H,3-4,7-9,12-13H2,1-2H3. The molecule has 2 unspecified atom stereocenters. The van der Waals surface area contributed by atoms with Gasteiger partial charge >= 0.3 is 0 Å². The van der Waals surface area contributed by atoms with Crippen LogP contribution in [0.5, 0.6) is 0 Å². The molecular weight excluding hydrogens is 258 g/mol. The van der Waals surface area contributed by atoms with E-state index in [2.05, 4.69) is 48.0 Å². The van der Waals surface area contributed by atoms with Crippen molar-refractivity contribution in [1.82, 2.24) is 14.9 Å². The summed E-state index contributed by atoms with van der Waals surface area (Å²) in [6.45, 7) is 6.53. The van der Waals surface area contributed by atoms with Gasteiger partial charge in [0.2, 0.25) is 0 Å². The predicted octanol–water partition coefficient (Wildman–Crippen LogP) is 3.77. The Bertz CT molecular complexity index is 585. The maximum Gasteiger partial charge on any atom is 0.110 e. The van der Waals surface area contributed by atoms with Crippen molar-refractivity contribution in [1.29, 1.82) is 0 Å². The van der Waals surface area contributed by atoms with E-state index in [1.807, 2.05) is 0 Å². The molecule has 1 aliphatic carbocycles. The second kappa shape index (κ2) is 6.61. The molecule has 1 aliphatic rings. The summed E-state index contributed by atoms with van der Waals surface area (Å²) in [7, 11) is 0. The lowest BCUT2D eigenvalue weighted by Crippen LogP contribution is -2.34. The molecule has 0 spiro atoms. The lowest BCUT2D eigenvalue weighted by atomic mass is 9.83. The van der Waals surface area contributed by atoms with Gasteiger partial charge in [-0.3, -0.25) is 0 Å². The zero-order valence-corrected chi connectivity index (χ0v) is 13.3. The Hall–Kier alpha value is -1.35. The SMILES string of the molecule is CCNC1CCCC(Cc2nc3ccccc3n2CC)C1. The normalized spacial score (nSPS) is 22.8. The molecule has 0 radical (unpaired) electrons. The monoisotopic (exact) mass is 285 g/mol. The highest BCUT2D eigenvalue weighted by atomic mass is 15.1. The van der Waals surface area contributed by atoms with Gasteiger partial charge in [-0.15, -0.1) is 0 Å². The molecule has 3 rings (SSSR count). The van der Waals surface area contributed by atoms with Crippen molar-refractivity contribution in [3.05, 3.63) is 30.1 Å². The van der Waals surface area contributed by atoms with Gasteiger partial charge in [0.15, 0.2) is 0 Å². The fourth-order valence-electron chi connectivity index (χ4n) is 3.84. The zero-order valence-electron chi connectivity index (χ0n) is 13.3. The maximum absolute atomic E-state index is 4.89. The molecule has 1 N–H and O–H groups in total. The van der Waals surface area contributed by atoms with E-state index in [1.54, 1.807) is 0 Å². The summed E-state index contributed by atoms with van der Waals surface area (Å²) in [5.74, 6) is 2.06. The maximum atomic E-state index is 4.89. The minimum atomic E-state index is 0.716. The summed E-state index contributed by atoms with van der Waals surface area (Å²) in [5, 5.41) is 3.63. The van der Waals surface area contributed by atoms with Crippen LogP contribution in [0, 0.1) is 5.92 Å². The third-order valence-corrected chi connectivity index (χ3v) is 4.80. The molecule has 0 saturated heterocycles. The summed E-state index contributed by atoms with van der Waals surface area (Å²) < 4.78 is 2.40. The topological polar surface area (TPSA) is 29.9 Å². The van der Waals surface area contributed by atoms with E-state index in [1.165, 1.54) is 37.0 Å². The largest absolute Gasteiger partial charge is 0.328 e. The van der Waals surface area contributed by atoms with Gasteiger partial charge in [-0.2, -0.15) is 0 Å². The van der Waals surface area contributed by atoms with Crippen LogP contribution in [0.1, 0.15) is 45.4 Å². The van der Waals surface area contributed by atoms with Crippen LogP contribution in [0.4, 0.5) is 0 Å². The summed E-state index contributed by atoms with van der Waals surface area (Å²) in [5.41, 5.74) is 2.43. The molecule has 0 bridgehead atoms. The quantitative estimate of drug-likeness (QED) is 0.906. The van der Waals surface area contributed by atoms with Crippen molar-refractivity contribution < 1.29 is 0 Å². The highest BCUT2D eigenvalue weighted by molar-refractivity contribution is 5.75. The van der Waals surface area contributed by atoms with Crippen LogP contribution < -0.4 is 5.32 Å². The predicted molar refractivity (Wildman–Crippen MR) is 88.5 cm³/mol. The first-order valence-electron chi connectivity index (χ1n) is 8.49. The van der Waals surface area contributed by atoms with E-state index in [0.29, 0.717) is 6.04 Å². The van der Waals surface area contributed by atoms with Gasteiger partial charge in [-0.05, 0) is 50.8 Å². The molecule has 21 heavy (non-hydrogen) atoms. The summed E-state index contributed by atoms with van der Waals surface area (Å²) in [6.07, 6.45) is 6.49. The average molecular weight is 285 g/mol. The Labute approximate surface area is 127 Å². The van der Waals surface area contributed by atoms with Gasteiger partial charge < -0.3 is 9.88 Å². The Morgan fingerprint density at radius 1 is 1.24 bits per heavy atom. The molecule has 1 aromatic carbocycles. The van der Waals surface area contributed by atoms with Crippen LogP contribution in [0.2, 0.25) is 0 Å². The van der Waals surface area contributed by atoms with E-state index in [0.717, 1.165) is 30.9 Å². The van der Waals surface area contributed by atoms with Gasteiger partial charge in [-0.25, -0.2) is 4.98 Å². The van der Waals surface area contributed by atoms with Gasteiger partial charge in [0.25, 0.3) is 0 Å². The number of benzene rings is 1. The van der Waals surface area contributed by atoms with Gasteiger partial charge in [0.1, 0.15) is 5.82 Å². The van der Waals surface area contributed by atoms with E-state index in [9.17, 15) is 0 Å². The minimum Gasteiger partial charge on any atom is -0.328 e. The van der Waals surface area contributed by atoms with Crippen molar-refractivity contribution in [2.75, 3.05) is 6.54 Å². The summed E-state index contributed by atoms with van der Waals surface area (Å²) >= 11 is 0. The van der Waals surface area contributed by atoms with E-state index in [-0.39, 0.29) is 0 Å². The number of fused-ring (bicyclic) bond motifs is 1. The molecule has 3 heteroatoms. The Balaban J connectivity index is 1.78. The second-order valence-electron chi connectivity index (χ2n) is 6.25. The van der Waals surface area contributed by atoms with Crippen molar-refractivity contribution in [2.45, 2.75) is 58.5 Å². The smallest absolute Gasteiger partial charge is 0.110 e. The van der Waals surface area contributed by atoms with Crippen molar-refractivity contribution in [3.63, 3.8) is 0 Å². The van der Waals surface area contributed by atoms with Gasteiger partial charge in [-0.1, -0.05) is 25.5 Å². The molecule has 114 valence electrons. The number of aryl methyl sites for hydroxylation is 1. The molecule has 1 aromatic heterocycles. The first kappa shape index (κ1) is 14.6. The second-order valence-corrected chi connectivity index (χ2v) is 6.25. The third-order valence-electron chi connectivity index (χ3n) is 4.80. The third kappa shape index (κ3) is 3.13. The van der Waals surface area contributed by atoms with Crippen LogP contribution in [-0.4, -0.2) is 22.1 Å².